The summed E-state index contributed by atoms with van der Waals surface area (Å²) in [5.74, 6) is 1.38. The number of hydrogen-bond donors (Lipinski definition) is 0. The van der Waals surface area contributed by atoms with E-state index in [1.165, 1.54) is 0 Å². The first kappa shape index (κ1) is 22.9. The third-order valence-electron chi connectivity index (χ3n) is 6.15. The van der Waals surface area contributed by atoms with Crippen molar-refractivity contribution < 1.29 is 9.53 Å². The number of carbonyl (C=O) groups excluding carboxylic acids is 1. The highest BCUT2D eigenvalue weighted by atomic mass is 16.5. The molecule has 0 unspecified atom stereocenters. The number of nitrogens with zero attached hydrogens (tertiary/aromatic N) is 5. The fourth-order valence-corrected chi connectivity index (χ4v) is 4.37. The Hall–Kier alpha value is -3.32. The van der Waals surface area contributed by atoms with Gasteiger partial charge in [0.2, 0.25) is 5.91 Å². The second kappa shape index (κ2) is 10.5. The van der Waals surface area contributed by atoms with E-state index in [0.717, 1.165) is 66.3 Å². The third-order valence-corrected chi connectivity index (χ3v) is 6.15. The molecule has 1 aliphatic rings. The van der Waals surface area contributed by atoms with Crippen LogP contribution in [0.3, 0.4) is 0 Å². The van der Waals surface area contributed by atoms with Crippen molar-refractivity contribution in [2.75, 3.05) is 33.8 Å². The molecule has 33 heavy (non-hydrogen) atoms. The molecule has 0 spiro atoms. The van der Waals surface area contributed by atoms with E-state index < -0.39 is 0 Å². The molecule has 3 aromatic rings. The van der Waals surface area contributed by atoms with Crippen LogP contribution >= 0.6 is 0 Å². The van der Waals surface area contributed by atoms with Crippen LogP contribution in [0, 0.1) is 6.92 Å². The molecule has 1 fully saturated rings. The molecule has 7 nitrogen and oxygen atoms in total. The standard InChI is InChI=1S/C26H31N5O2/c1-19-12-22(23-14-27-18-28-15-23)13-25(29-19)21-8-10-31(11-9-21)26(32)17-30(2)16-20-4-6-24(33-3)7-5-20/h4-7,12-15,18,21H,8-11,16-17H2,1-3H3. The predicted molar refractivity (Wildman–Crippen MR) is 128 cm³/mol. The molecule has 1 aromatic carbocycles. The molecule has 7 heteroatoms. The molecule has 0 saturated carbocycles. The van der Waals surface area contributed by atoms with Crippen LogP contribution in [-0.2, 0) is 11.3 Å². The van der Waals surface area contributed by atoms with E-state index in [4.69, 9.17) is 9.72 Å². The Morgan fingerprint density at radius 2 is 1.79 bits per heavy atom. The summed E-state index contributed by atoms with van der Waals surface area (Å²) in [6, 6.07) is 12.2. The quantitative estimate of drug-likeness (QED) is 0.552. The van der Waals surface area contributed by atoms with Gasteiger partial charge in [-0.3, -0.25) is 14.7 Å². The molecule has 1 aliphatic heterocycles. The number of piperidine rings is 1. The summed E-state index contributed by atoms with van der Waals surface area (Å²) >= 11 is 0. The zero-order valence-corrected chi connectivity index (χ0v) is 19.6. The maximum atomic E-state index is 12.9. The lowest BCUT2D eigenvalue weighted by molar-refractivity contribution is -0.133. The minimum absolute atomic E-state index is 0.184. The van der Waals surface area contributed by atoms with Gasteiger partial charge in [0.25, 0.3) is 0 Å². The zero-order chi connectivity index (χ0) is 23.2. The first-order valence-corrected chi connectivity index (χ1v) is 11.3. The molecule has 0 N–H and O–H groups in total. The van der Waals surface area contributed by atoms with Crippen molar-refractivity contribution >= 4 is 5.91 Å². The highest BCUT2D eigenvalue weighted by Gasteiger charge is 2.25. The molecule has 2 aromatic heterocycles. The van der Waals surface area contributed by atoms with Crippen LogP contribution in [0.5, 0.6) is 5.75 Å². The summed E-state index contributed by atoms with van der Waals surface area (Å²) in [6.45, 7) is 4.69. The van der Waals surface area contributed by atoms with Crippen LogP contribution in [-0.4, -0.2) is 64.5 Å². The van der Waals surface area contributed by atoms with Gasteiger partial charge < -0.3 is 9.64 Å². The van der Waals surface area contributed by atoms with Crippen LogP contribution in [0.1, 0.15) is 35.7 Å². The summed E-state index contributed by atoms with van der Waals surface area (Å²) < 4.78 is 5.21. The minimum Gasteiger partial charge on any atom is -0.497 e. The number of carbonyl (C=O) groups is 1. The lowest BCUT2D eigenvalue weighted by atomic mass is 9.91. The lowest BCUT2D eigenvalue weighted by Crippen LogP contribution is -2.43. The second-order valence-corrected chi connectivity index (χ2v) is 8.72. The minimum atomic E-state index is 0.184. The second-order valence-electron chi connectivity index (χ2n) is 8.72. The van der Waals surface area contributed by atoms with Gasteiger partial charge in [-0.1, -0.05) is 12.1 Å². The van der Waals surface area contributed by atoms with E-state index in [9.17, 15) is 4.79 Å². The number of methoxy groups -OCH3 is 1. The number of amides is 1. The Bertz CT molecular complexity index is 1060. The molecule has 0 atom stereocenters. The van der Waals surface area contributed by atoms with Gasteiger partial charge in [0, 0.05) is 54.9 Å². The van der Waals surface area contributed by atoms with Crippen molar-refractivity contribution in [1.29, 1.82) is 0 Å². The number of aromatic nitrogens is 3. The fraction of sp³-hybridized carbons (Fsp3) is 0.385. The number of hydrogen-bond acceptors (Lipinski definition) is 6. The van der Waals surface area contributed by atoms with E-state index in [0.29, 0.717) is 12.5 Å². The predicted octanol–water partition coefficient (Wildman–Crippen LogP) is 3.69. The van der Waals surface area contributed by atoms with Crippen LogP contribution in [0.25, 0.3) is 11.1 Å². The highest BCUT2D eigenvalue weighted by Crippen LogP contribution is 2.30. The van der Waals surface area contributed by atoms with E-state index in [1.807, 2.05) is 55.5 Å². The van der Waals surface area contributed by atoms with Crippen LogP contribution in [0.4, 0.5) is 0 Å². The van der Waals surface area contributed by atoms with Gasteiger partial charge in [0.15, 0.2) is 0 Å². The van der Waals surface area contributed by atoms with Crippen molar-refractivity contribution in [2.24, 2.45) is 0 Å². The molecule has 3 heterocycles. The molecule has 0 aliphatic carbocycles. The van der Waals surface area contributed by atoms with E-state index in [-0.39, 0.29) is 5.91 Å². The number of rotatable bonds is 7. The summed E-state index contributed by atoms with van der Waals surface area (Å²) in [6.07, 6.45) is 7.05. The highest BCUT2D eigenvalue weighted by molar-refractivity contribution is 5.78. The molecule has 172 valence electrons. The van der Waals surface area contributed by atoms with Gasteiger partial charge in [0.05, 0.1) is 13.7 Å². The Kier molecular flexibility index (Phi) is 7.29. The van der Waals surface area contributed by atoms with Gasteiger partial charge >= 0.3 is 0 Å². The molecule has 0 bridgehead atoms. The van der Waals surface area contributed by atoms with Crippen LogP contribution in [0.2, 0.25) is 0 Å². The number of likely N-dealkylation sites (N-methyl/N-ethyl adjacent to an activating group) is 1. The molecule has 1 saturated heterocycles. The molecule has 1 amide bonds. The maximum Gasteiger partial charge on any atom is 0.236 e. The van der Waals surface area contributed by atoms with Gasteiger partial charge in [-0.05, 0) is 62.2 Å². The van der Waals surface area contributed by atoms with Crippen LogP contribution in [0.15, 0.2) is 55.1 Å². The fourth-order valence-electron chi connectivity index (χ4n) is 4.37. The van der Waals surface area contributed by atoms with E-state index >= 15 is 0 Å². The largest absolute Gasteiger partial charge is 0.497 e. The van der Waals surface area contributed by atoms with Crippen molar-refractivity contribution in [1.82, 2.24) is 24.8 Å². The first-order chi connectivity index (χ1) is 16.0. The molecule has 0 radical (unpaired) electrons. The number of aryl methyl sites for hydroxylation is 1. The average molecular weight is 446 g/mol. The van der Waals surface area contributed by atoms with Crippen LogP contribution < -0.4 is 4.74 Å². The number of ether oxygens (including phenoxy) is 1. The van der Waals surface area contributed by atoms with E-state index in [1.54, 1.807) is 13.4 Å². The SMILES string of the molecule is COc1ccc(CN(C)CC(=O)N2CCC(c3cc(-c4cncnc4)cc(C)n3)CC2)cc1. The third kappa shape index (κ3) is 5.93. The topological polar surface area (TPSA) is 71.5 Å². The normalized spacial score (nSPS) is 14.5. The Morgan fingerprint density at radius 1 is 1.09 bits per heavy atom. The number of benzene rings is 1. The monoisotopic (exact) mass is 445 g/mol. The van der Waals surface area contributed by atoms with Gasteiger partial charge in [0.1, 0.15) is 12.1 Å². The number of likely N-dealkylation sites (tertiary alicyclic amines) is 1. The van der Waals surface area contributed by atoms with Crippen molar-refractivity contribution in [3.8, 4) is 16.9 Å². The molecular weight excluding hydrogens is 414 g/mol. The Morgan fingerprint density at radius 3 is 2.45 bits per heavy atom. The summed E-state index contributed by atoms with van der Waals surface area (Å²) in [5, 5.41) is 0. The van der Waals surface area contributed by atoms with Gasteiger partial charge in [-0.2, -0.15) is 0 Å². The van der Waals surface area contributed by atoms with E-state index in [2.05, 4.69) is 27.0 Å². The summed E-state index contributed by atoms with van der Waals surface area (Å²) in [4.78, 5) is 30.0. The average Bonchev–Trinajstić information content (AvgIpc) is 2.84. The van der Waals surface area contributed by atoms with Gasteiger partial charge in [-0.15, -0.1) is 0 Å². The molecular formula is C26H31N5O2. The zero-order valence-electron chi connectivity index (χ0n) is 19.6. The smallest absolute Gasteiger partial charge is 0.236 e. The summed E-state index contributed by atoms with van der Waals surface area (Å²) in [5.41, 5.74) is 5.34. The summed E-state index contributed by atoms with van der Waals surface area (Å²) in [7, 11) is 3.65. The first-order valence-electron chi connectivity index (χ1n) is 11.3. The Labute approximate surface area is 195 Å². The number of pyridine rings is 1. The van der Waals surface area contributed by atoms with Gasteiger partial charge in [-0.25, -0.2) is 9.97 Å². The van der Waals surface area contributed by atoms with Crippen molar-refractivity contribution in [3.63, 3.8) is 0 Å². The maximum absolute atomic E-state index is 12.9. The molecule has 4 rings (SSSR count). The van der Waals surface area contributed by atoms with Crippen molar-refractivity contribution in [3.05, 3.63) is 72.1 Å². The van der Waals surface area contributed by atoms with Crippen molar-refractivity contribution in [2.45, 2.75) is 32.2 Å². The lowest BCUT2D eigenvalue weighted by Gasteiger charge is -2.33. The Balaban J connectivity index is 1.32.